The molecule has 1 saturated heterocycles. The maximum absolute atomic E-state index is 12.6. The van der Waals surface area contributed by atoms with Crippen molar-refractivity contribution in [3.63, 3.8) is 0 Å². The van der Waals surface area contributed by atoms with Crippen LogP contribution in [0.15, 0.2) is 30.3 Å². The van der Waals surface area contributed by atoms with E-state index in [-0.39, 0.29) is 17.9 Å². The van der Waals surface area contributed by atoms with Gasteiger partial charge in [-0.15, -0.1) is 11.3 Å². The number of carbonyl (C=O) groups excluding carboxylic acids is 2. The number of thiophene rings is 1. The molecule has 2 bridgehead atoms. The maximum Gasteiger partial charge on any atom is 0.339 e. The van der Waals surface area contributed by atoms with Crippen molar-refractivity contribution in [3.05, 3.63) is 46.3 Å². The molecule has 2 N–H and O–H groups in total. The summed E-state index contributed by atoms with van der Waals surface area (Å²) in [7, 11) is 0. The van der Waals surface area contributed by atoms with Crippen LogP contribution in [0.3, 0.4) is 0 Å². The third-order valence-electron chi connectivity index (χ3n) is 6.70. The molecule has 160 valence electrons. The Hall–Kier alpha value is -2.69. The van der Waals surface area contributed by atoms with Gasteiger partial charge in [0, 0.05) is 27.8 Å². The zero-order valence-corrected chi connectivity index (χ0v) is 18.4. The Morgan fingerprint density at radius 3 is 2.90 bits per heavy atom. The molecule has 31 heavy (non-hydrogen) atoms. The number of carbonyl (C=O) groups is 2. The number of nitrogens with zero attached hydrogens (tertiary/aromatic N) is 1. The largest absolute Gasteiger partial charge is 0.451 e. The summed E-state index contributed by atoms with van der Waals surface area (Å²) in [6.45, 7) is 3.78. The van der Waals surface area contributed by atoms with Crippen molar-refractivity contribution in [2.24, 2.45) is 5.92 Å². The minimum absolute atomic E-state index is 0.0599. The van der Waals surface area contributed by atoms with Gasteiger partial charge in [0.05, 0.1) is 17.7 Å². The first-order chi connectivity index (χ1) is 14.8. The van der Waals surface area contributed by atoms with Crippen molar-refractivity contribution < 1.29 is 14.3 Å². The van der Waals surface area contributed by atoms with E-state index in [1.807, 2.05) is 44.2 Å². The van der Waals surface area contributed by atoms with E-state index in [1.165, 1.54) is 0 Å². The second kappa shape index (κ2) is 7.47. The molecule has 3 heterocycles. The Labute approximate surface area is 185 Å². The summed E-state index contributed by atoms with van der Waals surface area (Å²) in [5.74, 6) is 0.0459. The van der Waals surface area contributed by atoms with Gasteiger partial charge < -0.3 is 15.4 Å². The van der Waals surface area contributed by atoms with Gasteiger partial charge in [-0.3, -0.25) is 4.79 Å². The Kier molecular flexibility index (Phi) is 4.87. The van der Waals surface area contributed by atoms with E-state index >= 15 is 0 Å². The third kappa shape index (κ3) is 3.64. The number of piperidine rings is 1. The number of hydrogen-bond donors (Lipinski definition) is 2. The number of nitrogens with one attached hydrogen (secondary N) is 2. The highest BCUT2D eigenvalue weighted by atomic mass is 32.1. The van der Waals surface area contributed by atoms with Gasteiger partial charge in [0.15, 0.2) is 0 Å². The molecule has 6 nitrogen and oxygen atoms in total. The molecule has 7 heteroatoms. The standard InChI is InChI=1S/C24H25N3O3S/c1-24(2)19-7-4-13(10-18(19)23(29)30-24)20-8-6-17(31-20)11-16(12-25)27-22(28)21-14-3-5-15(9-14)26-21/h4,6-8,10,14-16,21,26H,3,5,9,11H2,1-2H3,(H,27,28)/t14?,15?,16-,21?/m0/s1. The number of ether oxygens (including phenoxy) is 1. The fraction of sp³-hybridized carbons (Fsp3) is 0.458. The van der Waals surface area contributed by atoms with Gasteiger partial charge in [0.2, 0.25) is 5.91 Å². The van der Waals surface area contributed by atoms with Crippen molar-refractivity contribution in [1.82, 2.24) is 10.6 Å². The fourth-order valence-corrected chi connectivity index (χ4v) is 6.17. The summed E-state index contributed by atoms with van der Waals surface area (Å²) in [6.07, 6.45) is 3.77. The van der Waals surface area contributed by atoms with Gasteiger partial charge in [-0.05, 0) is 62.8 Å². The molecule has 2 fully saturated rings. The van der Waals surface area contributed by atoms with Crippen LogP contribution in [0.5, 0.6) is 0 Å². The lowest BCUT2D eigenvalue weighted by Crippen LogP contribution is -2.50. The fourth-order valence-electron chi connectivity index (χ4n) is 5.12. The first-order valence-electron chi connectivity index (χ1n) is 10.8. The molecular weight excluding hydrogens is 410 g/mol. The molecule has 1 saturated carbocycles. The number of cyclic esters (lactones) is 1. The lowest BCUT2D eigenvalue weighted by Gasteiger charge is -2.23. The minimum atomic E-state index is -0.600. The van der Waals surface area contributed by atoms with E-state index in [0.29, 0.717) is 23.9 Å². The van der Waals surface area contributed by atoms with Crippen molar-refractivity contribution in [2.75, 3.05) is 0 Å². The smallest absolute Gasteiger partial charge is 0.339 e. The first kappa shape index (κ1) is 20.2. The van der Waals surface area contributed by atoms with Gasteiger partial charge in [-0.25, -0.2) is 4.79 Å². The number of hydrogen-bond acceptors (Lipinski definition) is 6. The van der Waals surface area contributed by atoms with E-state index in [9.17, 15) is 14.9 Å². The molecule has 1 aromatic carbocycles. The van der Waals surface area contributed by atoms with Crippen LogP contribution in [-0.4, -0.2) is 30.0 Å². The normalized spacial score (nSPS) is 26.2. The van der Waals surface area contributed by atoms with Crippen LogP contribution in [-0.2, 0) is 21.6 Å². The van der Waals surface area contributed by atoms with Gasteiger partial charge in [0.25, 0.3) is 0 Å². The molecule has 2 aromatic rings. The van der Waals surface area contributed by atoms with Crippen molar-refractivity contribution in [3.8, 4) is 16.5 Å². The molecule has 3 unspecified atom stereocenters. The van der Waals surface area contributed by atoms with Crippen LogP contribution in [0.4, 0.5) is 0 Å². The minimum Gasteiger partial charge on any atom is -0.451 e. The van der Waals surface area contributed by atoms with Crippen molar-refractivity contribution >= 4 is 23.2 Å². The lowest BCUT2D eigenvalue weighted by atomic mass is 9.94. The Morgan fingerprint density at radius 2 is 2.19 bits per heavy atom. The molecule has 1 aromatic heterocycles. The van der Waals surface area contributed by atoms with Gasteiger partial charge in [-0.2, -0.15) is 5.26 Å². The topological polar surface area (TPSA) is 91.2 Å². The van der Waals surface area contributed by atoms with Crippen LogP contribution >= 0.6 is 11.3 Å². The number of benzene rings is 1. The van der Waals surface area contributed by atoms with Crippen LogP contribution in [0.1, 0.15) is 53.9 Å². The molecule has 5 rings (SSSR count). The van der Waals surface area contributed by atoms with Crippen LogP contribution in [0, 0.1) is 17.2 Å². The van der Waals surface area contributed by atoms with Crippen LogP contribution in [0.25, 0.3) is 10.4 Å². The molecule has 4 atom stereocenters. The van der Waals surface area contributed by atoms with Gasteiger partial charge in [0.1, 0.15) is 11.6 Å². The predicted molar refractivity (Wildman–Crippen MR) is 117 cm³/mol. The Morgan fingerprint density at radius 1 is 1.35 bits per heavy atom. The Balaban J connectivity index is 1.27. The number of fused-ring (bicyclic) bond motifs is 3. The maximum atomic E-state index is 12.6. The summed E-state index contributed by atoms with van der Waals surface area (Å²) in [5, 5.41) is 15.9. The SMILES string of the molecule is CC1(C)OC(=O)c2cc(-c3ccc(C[C@@H](C#N)NC(=O)C4NC5CCC4C5)s3)ccc21. The highest BCUT2D eigenvalue weighted by Gasteiger charge is 2.43. The van der Waals surface area contributed by atoms with E-state index < -0.39 is 11.6 Å². The summed E-state index contributed by atoms with van der Waals surface area (Å²) < 4.78 is 5.46. The monoisotopic (exact) mass is 435 g/mol. The molecule has 3 aliphatic rings. The summed E-state index contributed by atoms with van der Waals surface area (Å²) in [5.41, 5.74) is 1.86. The summed E-state index contributed by atoms with van der Waals surface area (Å²) in [6, 6.07) is 11.8. The first-order valence-corrected chi connectivity index (χ1v) is 11.6. The highest BCUT2D eigenvalue weighted by molar-refractivity contribution is 7.15. The quantitative estimate of drug-likeness (QED) is 0.702. The summed E-state index contributed by atoms with van der Waals surface area (Å²) in [4.78, 5) is 26.9. The van der Waals surface area contributed by atoms with E-state index in [0.717, 1.165) is 40.1 Å². The third-order valence-corrected chi connectivity index (χ3v) is 7.86. The molecular formula is C24H25N3O3S. The van der Waals surface area contributed by atoms with Crippen molar-refractivity contribution in [2.45, 2.75) is 63.3 Å². The second-order valence-electron chi connectivity index (χ2n) is 9.23. The zero-order valence-electron chi connectivity index (χ0n) is 17.6. The predicted octanol–water partition coefficient (Wildman–Crippen LogP) is 3.51. The molecule has 2 aliphatic heterocycles. The van der Waals surface area contributed by atoms with Crippen LogP contribution < -0.4 is 10.6 Å². The van der Waals surface area contributed by atoms with Crippen molar-refractivity contribution in [1.29, 1.82) is 5.26 Å². The molecule has 0 radical (unpaired) electrons. The average Bonchev–Trinajstić information content (AvgIpc) is 3.52. The number of amides is 1. The number of esters is 1. The van der Waals surface area contributed by atoms with Gasteiger partial charge in [-0.1, -0.05) is 12.1 Å². The molecule has 0 spiro atoms. The van der Waals surface area contributed by atoms with Crippen LogP contribution in [0.2, 0.25) is 0 Å². The van der Waals surface area contributed by atoms with E-state index in [2.05, 4.69) is 16.7 Å². The molecule has 1 amide bonds. The summed E-state index contributed by atoms with van der Waals surface area (Å²) >= 11 is 1.58. The van der Waals surface area contributed by atoms with Gasteiger partial charge >= 0.3 is 5.97 Å². The average molecular weight is 436 g/mol. The zero-order chi connectivity index (χ0) is 21.8. The molecule has 1 aliphatic carbocycles. The number of nitriles is 1. The van der Waals surface area contributed by atoms with E-state index in [4.69, 9.17) is 4.74 Å². The number of rotatable bonds is 5. The highest BCUT2D eigenvalue weighted by Crippen LogP contribution is 2.39. The lowest BCUT2D eigenvalue weighted by molar-refractivity contribution is -0.124. The Bertz CT molecular complexity index is 1100. The second-order valence-corrected chi connectivity index (χ2v) is 10.4. The van der Waals surface area contributed by atoms with E-state index in [1.54, 1.807) is 11.3 Å².